The molecule has 2 fully saturated rings. The number of nitrogens with zero attached hydrogens (tertiary/aromatic N) is 2. The fourth-order valence-corrected chi connectivity index (χ4v) is 3.33. The summed E-state index contributed by atoms with van der Waals surface area (Å²) in [5.74, 6) is 0. The first kappa shape index (κ1) is 15.7. The van der Waals surface area contributed by atoms with E-state index in [-0.39, 0.29) is 0 Å². The van der Waals surface area contributed by atoms with Crippen molar-refractivity contribution in [2.75, 3.05) is 39.3 Å². The predicted molar refractivity (Wildman–Crippen MR) is 92.9 cm³/mol. The van der Waals surface area contributed by atoms with Crippen LogP contribution in [0.25, 0.3) is 0 Å². The second kappa shape index (κ2) is 7.90. The van der Waals surface area contributed by atoms with E-state index in [1.165, 1.54) is 12.0 Å². The summed E-state index contributed by atoms with van der Waals surface area (Å²) < 4.78 is 5.63. The monoisotopic (exact) mass is 319 g/mol. The maximum Gasteiger partial charge on any atom is 0.169 e. The molecule has 5 heteroatoms. The third kappa shape index (κ3) is 4.41. The van der Waals surface area contributed by atoms with Crippen molar-refractivity contribution in [3.63, 3.8) is 0 Å². The molecule has 1 aromatic carbocycles. The lowest BCUT2D eigenvalue weighted by molar-refractivity contribution is 0.112. The first-order valence-electron chi connectivity index (χ1n) is 8.22. The number of ether oxygens (including phenoxy) is 1. The molecule has 2 aliphatic heterocycles. The van der Waals surface area contributed by atoms with Gasteiger partial charge in [0.1, 0.15) is 0 Å². The zero-order chi connectivity index (χ0) is 15.2. The second-order valence-corrected chi connectivity index (χ2v) is 6.46. The van der Waals surface area contributed by atoms with Crippen molar-refractivity contribution in [3.05, 3.63) is 35.9 Å². The van der Waals surface area contributed by atoms with Crippen molar-refractivity contribution >= 4 is 17.3 Å². The van der Waals surface area contributed by atoms with Gasteiger partial charge >= 0.3 is 0 Å². The molecule has 0 aromatic heterocycles. The molecule has 0 radical (unpaired) electrons. The van der Waals surface area contributed by atoms with Gasteiger partial charge in [-0.25, -0.2) is 0 Å². The molecule has 0 aliphatic carbocycles. The Balaban J connectivity index is 1.38. The molecule has 0 unspecified atom stereocenters. The first-order valence-corrected chi connectivity index (χ1v) is 8.63. The number of hydrogen-bond donors (Lipinski definition) is 1. The third-order valence-corrected chi connectivity index (χ3v) is 4.82. The molecule has 2 saturated heterocycles. The minimum absolute atomic E-state index is 0.345. The Morgan fingerprint density at radius 3 is 2.64 bits per heavy atom. The summed E-state index contributed by atoms with van der Waals surface area (Å²) in [5.41, 5.74) is 1.38. The Bertz CT molecular complexity index is 468. The van der Waals surface area contributed by atoms with Crippen molar-refractivity contribution in [2.24, 2.45) is 0 Å². The Morgan fingerprint density at radius 1 is 1.18 bits per heavy atom. The van der Waals surface area contributed by atoms with Crippen molar-refractivity contribution in [1.82, 2.24) is 15.1 Å². The van der Waals surface area contributed by atoms with Crippen LogP contribution in [-0.2, 0) is 11.3 Å². The average Bonchev–Trinajstić information content (AvgIpc) is 3.08. The summed E-state index contributed by atoms with van der Waals surface area (Å²) in [7, 11) is 0. The van der Waals surface area contributed by atoms with Gasteiger partial charge in [-0.1, -0.05) is 30.3 Å². The number of piperazine rings is 1. The normalized spacial score (nSPS) is 22.7. The zero-order valence-electron chi connectivity index (χ0n) is 13.0. The minimum atomic E-state index is 0.345. The van der Waals surface area contributed by atoms with Gasteiger partial charge in [-0.3, -0.25) is 4.90 Å². The SMILES string of the molecule is S=C(NC[C@H]1CCCO1)N1CCN(Cc2ccccc2)CC1. The molecule has 0 spiro atoms. The summed E-state index contributed by atoms with van der Waals surface area (Å²) >= 11 is 5.52. The Labute approximate surface area is 138 Å². The van der Waals surface area contributed by atoms with E-state index in [4.69, 9.17) is 17.0 Å². The molecule has 4 nitrogen and oxygen atoms in total. The molecule has 0 saturated carbocycles. The Morgan fingerprint density at radius 2 is 1.95 bits per heavy atom. The van der Waals surface area contributed by atoms with E-state index in [9.17, 15) is 0 Å². The average molecular weight is 319 g/mol. The maximum atomic E-state index is 5.63. The van der Waals surface area contributed by atoms with Crippen LogP contribution < -0.4 is 5.32 Å². The minimum Gasteiger partial charge on any atom is -0.376 e. The fourth-order valence-electron chi connectivity index (χ4n) is 3.07. The zero-order valence-corrected chi connectivity index (χ0v) is 13.9. The van der Waals surface area contributed by atoms with Crippen molar-refractivity contribution < 1.29 is 4.74 Å². The quantitative estimate of drug-likeness (QED) is 0.855. The van der Waals surface area contributed by atoms with E-state index >= 15 is 0 Å². The van der Waals surface area contributed by atoms with E-state index in [1.807, 2.05) is 0 Å². The molecule has 1 N–H and O–H groups in total. The summed E-state index contributed by atoms with van der Waals surface area (Å²) in [6.45, 7) is 6.92. The van der Waals surface area contributed by atoms with E-state index in [1.54, 1.807) is 0 Å². The van der Waals surface area contributed by atoms with Gasteiger partial charge in [0.25, 0.3) is 0 Å². The summed E-state index contributed by atoms with van der Waals surface area (Å²) in [5, 5.41) is 4.26. The number of thiocarbonyl (C=S) groups is 1. The molecule has 1 aromatic rings. The number of benzene rings is 1. The Hall–Kier alpha value is -1.17. The summed E-state index contributed by atoms with van der Waals surface area (Å²) in [6.07, 6.45) is 2.68. The van der Waals surface area contributed by atoms with E-state index in [0.29, 0.717) is 6.10 Å². The van der Waals surface area contributed by atoms with Gasteiger partial charge in [0.2, 0.25) is 0 Å². The number of hydrogen-bond acceptors (Lipinski definition) is 3. The van der Waals surface area contributed by atoms with Crippen LogP contribution in [0.4, 0.5) is 0 Å². The maximum absolute atomic E-state index is 5.63. The number of nitrogens with one attached hydrogen (secondary N) is 1. The highest BCUT2D eigenvalue weighted by molar-refractivity contribution is 7.80. The van der Waals surface area contributed by atoms with Crippen LogP contribution in [0.1, 0.15) is 18.4 Å². The highest BCUT2D eigenvalue weighted by atomic mass is 32.1. The molecule has 3 rings (SSSR count). The van der Waals surface area contributed by atoms with Gasteiger partial charge in [-0.05, 0) is 30.6 Å². The summed E-state index contributed by atoms with van der Waals surface area (Å²) in [6, 6.07) is 10.7. The van der Waals surface area contributed by atoms with Crippen LogP contribution in [0.3, 0.4) is 0 Å². The molecule has 2 aliphatic rings. The highest BCUT2D eigenvalue weighted by Crippen LogP contribution is 2.11. The third-order valence-electron chi connectivity index (χ3n) is 4.41. The highest BCUT2D eigenvalue weighted by Gasteiger charge is 2.20. The lowest BCUT2D eigenvalue weighted by Crippen LogP contribution is -2.52. The van der Waals surface area contributed by atoms with Crippen LogP contribution in [-0.4, -0.2) is 60.3 Å². The lowest BCUT2D eigenvalue weighted by Gasteiger charge is -2.36. The molecule has 0 amide bonds. The smallest absolute Gasteiger partial charge is 0.169 e. The van der Waals surface area contributed by atoms with Crippen LogP contribution >= 0.6 is 12.2 Å². The van der Waals surface area contributed by atoms with Crippen LogP contribution in [0.15, 0.2) is 30.3 Å². The van der Waals surface area contributed by atoms with Gasteiger partial charge in [0.15, 0.2) is 5.11 Å². The Kier molecular flexibility index (Phi) is 5.64. The van der Waals surface area contributed by atoms with Gasteiger partial charge in [0.05, 0.1) is 6.10 Å². The van der Waals surface area contributed by atoms with Gasteiger partial charge in [0, 0.05) is 45.9 Å². The molecular formula is C17H25N3OS. The van der Waals surface area contributed by atoms with E-state index < -0.39 is 0 Å². The van der Waals surface area contributed by atoms with Crippen LogP contribution in [0.5, 0.6) is 0 Å². The van der Waals surface area contributed by atoms with Crippen LogP contribution in [0, 0.1) is 0 Å². The molecule has 120 valence electrons. The van der Waals surface area contributed by atoms with Crippen molar-refractivity contribution in [3.8, 4) is 0 Å². The summed E-state index contributed by atoms with van der Waals surface area (Å²) in [4.78, 5) is 4.78. The van der Waals surface area contributed by atoms with Crippen molar-refractivity contribution in [1.29, 1.82) is 0 Å². The van der Waals surface area contributed by atoms with Gasteiger partial charge < -0.3 is 15.0 Å². The fraction of sp³-hybridized carbons (Fsp3) is 0.588. The molecule has 0 bridgehead atoms. The topological polar surface area (TPSA) is 27.7 Å². The molecule has 2 heterocycles. The first-order chi connectivity index (χ1) is 10.8. The predicted octanol–water partition coefficient (Wildman–Crippen LogP) is 1.86. The van der Waals surface area contributed by atoms with Crippen LogP contribution in [0.2, 0.25) is 0 Å². The molecule has 22 heavy (non-hydrogen) atoms. The van der Waals surface area contributed by atoms with Crippen molar-refractivity contribution in [2.45, 2.75) is 25.5 Å². The largest absolute Gasteiger partial charge is 0.376 e. The van der Waals surface area contributed by atoms with E-state index in [2.05, 4.69) is 45.4 Å². The van der Waals surface area contributed by atoms with E-state index in [0.717, 1.165) is 57.4 Å². The van der Waals surface area contributed by atoms with Gasteiger partial charge in [-0.2, -0.15) is 0 Å². The molecular weight excluding hydrogens is 294 g/mol. The van der Waals surface area contributed by atoms with Gasteiger partial charge in [-0.15, -0.1) is 0 Å². The second-order valence-electron chi connectivity index (χ2n) is 6.07. The number of rotatable bonds is 4. The molecule has 1 atom stereocenters. The lowest BCUT2D eigenvalue weighted by atomic mass is 10.2. The standard InChI is InChI=1S/C17H25N3OS/c22-17(18-13-16-7-4-12-21-16)20-10-8-19(9-11-20)14-15-5-2-1-3-6-15/h1-3,5-6,16H,4,7-14H2,(H,18,22)/t16-/m1/s1.